The second kappa shape index (κ2) is 14.5. The zero-order chi connectivity index (χ0) is 14.0. The van der Waals surface area contributed by atoms with E-state index in [4.69, 9.17) is 15.3 Å². The SMILES string of the molecule is CC=CC=CC(=O)O.O=C(O)c1ccc(O)cc1.[CH3-].[K+]. The molecule has 0 fully saturated rings. The number of aliphatic carboxylic acids is 1. The summed E-state index contributed by atoms with van der Waals surface area (Å²) >= 11 is 0. The summed E-state index contributed by atoms with van der Waals surface area (Å²) in [5.41, 5.74) is 0.179. The van der Waals surface area contributed by atoms with Gasteiger partial charge in [0.1, 0.15) is 5.75 Å². The molecule has 1 aromatic rings. The van der Waals surface area contributed by atoms with Crippen molar-refractivity contribution in [3.05, 3.63) is 61.6 Å². The van der Waals surface area contributed by atoms with E-state index in [0.29, 0.717) is 0 Å². The minimum absolute atomic E-state index is 0. The number of benzene rings is 1. The third kappa shape index (κ3) is 13.5. The summed E-state index contributed by atoms with van der Waals surface area (Å²) in [6, 6.07) is 5.36. The molecule has 6 heteroatoms. The van der Waals surface area contributed by atoms with E-state index in [1.54, 1.807) is 12.2 Å². The van der Waals surface area contributed by atoms with Crippen LogP contribution in [0.2, 0.25) is 0 Å². The molecule has 0 amide bonds. The Kier molecular flexibility index (Phi) is 17.5. The molecule has 5 nitrogen and oxygen atoms in total. The van der Waals surface area contributed by atoms with E-state index < -0.39 is 11.9 Å². The second-order valence-electron chi connectivity index (χ2n) is 3.08. The third-order valence-electron chi connectivity index (χ3n) is 1.66. The first-order chi connectivity index (χ1) is 8.47. The van der Waals surface area contributed by atoms with E-state index in [1.165, 1.54) is 30.3 Å². The monoisotopic (exact) mass is 304 g/mol. The van der Waals surface area contributed by atoms with Crippen LogP contribution in [-0.2, 0) is 4.79 Å². The van der Waals surface area contributed by atoms with E-state index >= 15 is 0 Å². The number of phenols is 1. The van der Waals surface area contributed by atoms with Gasteiger partial charge in [-0.25, -0.2) is 9.59 Å². The predicted molar refractivity (Wildman–Crippen MR) is 73.1 cm³/mol. The van der Waals surface area contributed by atoms with Crippen LogP contribution in [-0.4, -0.2) is 27.3 Å². The van der Waals surface area contributed by atoms with Crippen molar-refractivity contribution in [1.29, 1.82) is 0 Å². The molecule has 104 valence electrons. The first-order valence-corrected chi connectivity index (χ1v) is 5.02. The molecule has 20 heavy (non-hydrogen) atoms. The third-order valence-corrected chi connectivity index (χ3v) is 1.66. The summed E-state index contributed by atoms with van der Waals surface area (Å²) in [5.74, 6) is -1.83. The summed E-state index contributed by atoms with van der Waals surface area (Å²) < 4.78 is 0. The molecule has 0 heterocycles. The van der Waals surface area contributed by atoms with E-state index in [2.05, 4.69) is 0 Å². The van der Waals surface area contributed by atoms with E-state index in [9.17, 15) is 9.59 Å². The van der Waals surface area contributed by atoms with Crippen LogP contribution in [0.25, 0.3) is 0 Å². The van der Waals surface area contributed by atoms with Crippen molar-refractivity contribution in [2.45, 2.75) is 6.92 Å². The maximum atomic E-state index is 10.2. The van der Waals surface area contributed by atoms with Gasteiger partial charge in [0.2, 0.25) is 0 Å². The van der Waals surface area contributed by atoms with E-state index in [-0.39, 0.29) is 70.1 Å². The molecule has 0 atom stereocenters. The number of carboxylic acids is 2. The Morgan fingerprint density at radius 1 is 1.05 bits per heavy atom. The van der Waals surface area contributed by atoms with Gasteiger partial charge in [0, 0.05) is 6.08 Å². The topological polar surface area (TPSA) is 94.8 Å². The molecule has 0 aliphatic heterocycles. The molecule has 0 bridgehead atoms. The number of aromatic carboxylic acids is 1. The second-order valence-corrected chi connectivity index (χ2v) is 3.08. The first-order valence-electron chi connectivity index (χ1n) is 5.02. The predicted octanol–water partition coefficient (Wildman–Crippen LogP) is -0.252. The number of carboxylic acid groups (broad SMARTS) is 2. The standard InChI is InChI=1S/C7H6O3.C6H8O2.CH3.K/c8-6-3-1-5(2-4-6)7(9)10;1-2-3-4-5-6(7)8;;/h1-4,8H,(H,9,10);2-5H,1H3,(H,7,8);1H3;/q;;-1;+1. The van der Waals surface area contributed by atoms with Gasteiger partial charge in [-0.05, 0) is 31.2 Å². The van der Waals surface area contributed by atoms with E-state index in [1.807, 2.05) is 6.92 Å². The summed E-state index contributed by atoms with van der Waals surface area (Å²) in [6.07, 6.45) is 5.98. The van der Waals surface area contributed by atoms with Gasteiger partial charge in [0.15, 0.2) is 0 Å². The van der Waals surface area contributed by atoms with Crippen molar-refractivity contribution < 1.29 is 76.3 Å². The minimum Gasteiger partial charge on any atom is -0.508 e. The quantitative estimate of drug-likeness (QED) is 0.310. The Hall–Kier alpha value is -0.924. The number of phenolic OH excluding ortho intramolecular Hbond substituents is 1. The van der Waals surface area contributed by atoms with Gasteiger partial charge in [0.25, 0.3) is 0 Å². The average molecular weight is 304 g/mol. The van der Waals surface area contributed by atoms with Gasteiger partial charge in [-0.3, -0.25) is 0 Å². The Balaban J connectivity index is -0.000000269. The minimum atomic E-state index is -0.986. The van der Waals surface area contributed by atoms with Crippen LogP contribution >= 0.6 is 0 Å². The zero-order valence-corrected chi connectivity index (χ0v) is 14.9. The fourth-order valence-electron chi connectivity index (χ4n) is 0.853. The zero-order valence-electron chi connectivity index (χ0n) is 11.8. The smallest absolute Gasteiger partial charge is 0.508 e. The molecule has 0 saturated carbocycles. The molecule has 0 saturated heterocycles. The Labute approximate surface area is 161 Å². The molecule has 0 spiro atoms. The van der Waals surface area contributed by atoms with Crippen molar-refractivity contribution in [2.75, 3.05) is 0 Å². The van der Waals surface area contributed by atoms with Gasteiger partial charge in [-0.1, -0.05) is 18.2 Å². The largest absolute Gasteiger partial charge is 1.00 e. The van der Waals surface area contributed by atoms with Crippen LogP contribution in [0.4, 0.5) is 0 Å². The van der Waals surface area contributed by atoms with Crippen molar-refractivity contribution in [3.63, 3.8) is 0 Å². The summed E-state index contributed by atoms with van der Waals surface area (Å²) in [4.78, 5) is 20.0. The molecular weight excluding hydrogens is 287 g/mol. The molecule has 0 aromatic heterocycles. The molecule has 0 aliphatic carbocycles. The number of hydrogen-bond donors (Lipinski definition) is 3. The van der Waals surface area contributed by atoms with Crippen LogP contribution in [0.3, 0.4) is 0 Å². The summed E-state index contributed by atoms with van der Waals surface area (Å²) in [6.45, 7) is 1.83. The van der Waals surface area contributed by atoms with Crippen molar-refractivity contribution in [1.82, 2.24) is 0 Å². The molecule has 0 radical (unpaired) electrons. The van der Waals surface area contributed by atoms with Gasteiger partial charge >= 0.3 is 63.3 Å². The van der Waals surface area contributed by atoms with Gasteiger partial charge in [-0.2, -0.15) is 0 Å². The summed E-state index contributed by atoms with van der Waals surface area (Å²) in [5, 5.41) is 25.2. The maximum absolute atomic E-state index is 10.2. The number of allylic oxidation sites excluding steroid dienone is 3. The summed E-state index contributed by atoms with van der Waals surface area (Å²) in [7, 11) is 0. The normalized spacial score (nSPS) is 9.05. The number of rotatable bonds is 3. The molecule has 3 N–H and O–H groups in total. The Morgan fingerprint density at radius 3 is 1.90 bits per heavy atom. The number of carbonyl (C=O) groups is 2. The fourth-order valence-corrected chi connectivity index (χ4v) is 0.853. The van der Waals surface area contributed by atoms with E-state index in [0.717, 1.165) is 6.08 Å². The van der Waals surface area contributed by atoms with Crippen LogP contribution in [0.1, 0.15) is 17.3 Å². The average Bonchev–Trinajstić information content (AvgIpc) is 2.30. The van der Waals surface area contributed by atoms with Crippen LogP contribution in [0.5, 0.6) is 5.75 Å². The van der Waals surface area contributed by atoms with Gasteiger partial charge < -0.3 is 22.7 Å². The molecule has 1 aromatic carbocycles. The van der Waals surface area contributed by atoms with Crippen molar-refractivity contribution in [2.24, 2.45) is 0 Å². The Bertz CT molecular complexity index is 449. The van der Waals surface area contributed by atoms with Crippen molar-refractivity contribution >= 4 is 11.9 Å². The van der Waals surface area contributed by atoms with Crippen molar-refractivity contribution in [3.8, 4) is 5.75 Å². The molecular formula is C14H17KO5. The molecule has 0 unspecified atom stereocenters. The van der Waals surface area contributed by atoms with Gasteiger partial charge in [0.05, 0.1) is 5.56 Å². The first kappa shape index (κ1) is 24.1. The van der Waals surface area contributed by atoms with Crippen LogP contribution < -0.4 is 51.4 Å². The van der Waals surface area contributed by atoms with Crippen LogP contribution in [0.15, 0.2) is 48.6 Å². The number of hydrogen-bond acceptors (Lipinski definition) is 3. The van der Waals surface area contributed by atoms with Gasteiger partial charge in [-0.15, -0.1) is 0 Å². The van der Waals surface area contributed by atoms with Crippen LogP contribution in [0, 0.1) is 7.43 Å². The fraction of sp³-hybridized carbons (Fsp3) is 0.0714. The molecule has 0 aliphatic rings. The Morgan fingerprint density at radius 2 is 1.55 bits per heavy atom. The molecule has 1 rings (SSSR count). The number of aromatic hydroxyl groups is 1. The maximum Gasteiger partial charge on any atom is 1.00 e.